The van der Waals surface area contributed by atoms with Crippen molar-refractivity contribution in [1.82, 2.24) is 0 Å². The van der Waals surface area contributed by atoms with Crippen LogP contribution in [0.2, 0.25) is 0 Å². The first-order valence-electron chi connectivity index (χ1n) is 7.30. The van der Waals surface area contributed by atoms with Gasteiger partial charge in [0.1, 0.15) is 0 Å². The highest BCUT2D eigenvalue weighted by atomic mass is 16.5. The van der Waals surface area contributed by atoms with Gasteiger partial charge in [-0.3, -0.25) is 9.59 Å². The topological polar surface area (TPSA) is 55.4 Å². The molecular formula is C17H21NO3. The molecule has 0 radical (unpaired) electrons. The van der Waals surface area contributed by atoms with Crippen molar-refractivity contribution in [2.75, 3.05) is 11.9 Å². The van der Waals surface area contributed by atoms with Crippen LogP contribution in [0.15, 0.2) is 36.4 Å². The Kier molecular flexibility index (Phi) is 5.55. The molecule has 1 aromatic carbocycles. The van der Waals surface area contributed by atoms with Crippen LogP contribution in [0.1, 0.15) is 31.7 Å². The molecule has 0 fully saturated rings. The van der Waals surface area contributed by atoms with Crippen LogP contribution in [-0.4, -0.2) is 18.5 Å². The second kappa shape index (κ2) is 7.62. The van der Waals surface area contributed by atoms with Crippen molar-refractivity contribution in [3.8, 4) is 0 Å². The molecule has 0 heterocycles. The molecule has 0 saturated heterocycles. The fourth-order valence-corrected chi connectivity index (χ4v) is 2.35. The summed E-state index contributed by atoms with van der Waals surface area (Å²) in [6, 6.07) is 7.23. The Morgan fingerprint density at radius 3 is 2.62 bits per heavy atom. The zero-order valence-corrected chi connectivity index (χ0v) is 12.3. The molecule has 112 valence electrons. The summed E-state index contributed by atoms with van der Waals surface area (Å²) in [4.78, 5) is 22.7. The maximum atomic E-state index is 11.8. The lowest BCUT2D eigenvalue weighted by Crippen LogP contribution is -2.16. The lowest BCUT2D eigenvalue weighted by Gasteiger charge is -2.17. The molecule has 1 amide bonds. The van der Waals surface area contributed by atoms with E-state index in [1.54, 1.807) is 12.1 Å². The van der Waals surface area contributed by atoms with E-state index >= 15 is 0 Å². The first kappa shape index (κ1) is 15.3. The van der Waals surface area contributed by atoms with Crippen molar-refractivity contribution in [3.05, 3.63) is 42.0 Å². The second-order valence-electron chi connectivity index (χ2n) is 5.39. The molecule has 1 aliphatic carbocycles. The predicted octanol–water partition coefficient (Wildman–Crippen LogP) is 3.09. The fraction of sp³-hybridized carbons (Fsp3) is 0.412. The summed E-state index contributed by atoms with van der Waals surface area (Å²) >= 11 is 0. The van der Waals surface area contributed by atoms with E-state index in [4.69, 9.17) is 4.74 Å². The normalized spacial score (nSPS) is 17.3. The van der Waals surface area contributed by atoms with Crippen LogP contribution in [0.25, 0.3) is 0 Å². The molecule has 2 rings (SSSR count). The van der Waals surface area contributed by atoms with Crippen LogP contribution >= 0.6 is 0 Å². The molecule has 1 aromatic rings. The molecule has 4 nitrogen and oxygen atoms in total. The van der Waals surface area contributed by atoms with Gasteiger partial charge in [0.2, 0.25) is 5.91 Å². The van der Waals surface area contributed by atoms with Gasteiger partial charge in [-0.25, -0.2) is 0 Å². The zero-order valence-electron chi connectivity index (χ0n) is 12.3. The zero-order chi connectivity index (χ0) is 15.1. The number of anilines is 1. The summed E-state index contributed by atoms with van der Waals surface area (Å²) in [6.45, 7) is 1.97. The molecule has 1 unspecified atom stereocenters. The van der Waals surface area contributed by atoms with Crippen molar-refractivity contribution < 1.29 is 14.3 Å². The van der Waals surface area contributed by atoms with Crippen LogP contribution in [0.5, 0.6) is 0 Å². The first-order valence-corrected chi connectivity index (χ1v) is 7.30. The quantitative estimate of drug-likeness (QED) is 0.669. The summed E-state index contributed by atoms with van der Waals surface area (Å²) < 4.78 is 5.34. The molecule has 4 heteroatoms. The predicted molar refractivity (Wildman–Crippen MR) is 81.9 cm³/mol. The minimum absolute atomic E-state index is 0.108. The highest BCUT2D eigenvalue weighted by Crippen LogP contribution is 2.18. The Morgan fingerprint density at radius 2 is 2.00 bits per heavy atom. The molecule has 0 saturated carbocycles. The molecular weight excluding hydrogens is 266 g/mol. The maximum Gasteiger partial charge on any atom is 0.310 e. The standard InChI is InChI=1S/C17H21NO3/c1-13(19)18-16-9-7-14(8-10-16)11-17(20)21-12-15-5-3-2-4-6-15/h2-3,7-10,15H,4-6,11-12H2,1H3,(H,18,19). The number of nitrogens with one attached hydrogen (secondary N) is 1. The third-order valence-corrected chi connectivity index (χ3v) is 3.48. The Hall–Kier alpha value is -2.10. The number of carbonyl (C=O) groups is 2. The van der Waals surface area contributed by atoms with Crippen molar-refractivity contribution in [3.63, 3.8) is 0 Å². The number of ether oxygens (including phenoxy) is 1. The number of benzene rings is 1. The molecule has 0 aliphatic heterocycles. The highest BCUT2D eigenvalue weighted by Gasteiger charge is 2.13. The van der Waals surface area contributed by atoms with Crippen LogP contribution in [0.4, 0.5) is 5.69 Å². The van der Waals surface area contributed by atoms with Gasteiger partial charge in [0, 0.05) is 12.6 Å². The van der Waals surface area contributed by atoms with Gasteiger partial charge in [0.15, 0.2) is 0 Å². The summed E-state index contributed by atoms with van der Waals surface area (Å²) in [5.74, 6) is 0.154. The molecule has 21 heavy (non-hydrogen) atoms. The van der Waals surface area contributed by atoms with Gasteiger partial charge in [-0.2, -0.15) is 0 Å². The van der Waals surface area contributed by atoms with E-state index in [2.05, 4.69) is 17.5 Å². The van der Waals surface area contributed by atoms with Gasteiger partial charge in [-0.1, -0.05) is 24.3 Å². The lowest BCUT2D eigenvalue weighted by atomic mass is 9.95. The molecule has 1 N–H and O–H groups in total. The van der Waals surface area contributed by atoms with Gasteiger partial charge in [0.25, 0.3) is 0 Å². The van der Waals surface area contributed by atoms with E-state index in [1.165, 1.54) is 6.92 Å². The Balaban J connectivity index is 1.76. The highest BCUT2D eigenvalue weighted by molar-refractivity contribution is 5.88. The average molecular weight is 287 g/mol. The van der Waals surface area contributed by atoms with E-state index in [1.807, 2.05) is 12.1 Å². The third kappa shape index (κ3) is 5.42. The molecule has 0 spiro atoms. The van der Waals surface area contributed by atoms with E-state index in [-0.39, 0.29) is 18.3 Å². The summed E-state index contributed by atoms with van der Waals surface area (Å²) in [5, 5.41) is 2.69. The Labute approximate surface area is 125 Å². The van der Waals surface area contributed by atoms with Gasteiger partial charge < -0.3 is 10.1 Å². The summed E-state index contributed by atoms with van der Waals surface area (Å²) in [5.41, 5.74) is 1.62. The van der Waals surface area contributed by atoms with Crippen LogP contribution in [0, 0.1) is 5.92 Å². The SMILES string of the molecule is CC(=O)Nc1ccc(CC(=O)OCC2CC=CCC2)cc1. The van der Waals surface area contributed by atoms with Crippen LogP contribution in [0.3, 0.4) is 0 Å². The molecule has 0 aromatic heterocycles. The number of hydrogen-bond acceptors (Lipinski definition) is 3. The minimum Gasteiger partial charge on any atom is -0.465 e. The third-order valence-electron chi connectivity index (χ3n) is 3.48. The fourth-order valence-electron chi connectivity index (χ4n) is 2.35. The number of carbonyl (C=O) groups excluding carboxylic acids is 2. The van der Waals surface area contributed by atoms with Crippen molar-refractivity contribution >= 4 is 17.6 Å². The molecule has 0 bridgehead atoms. The summed E-state index contributed by atoms with van der Waals surface area (Å²) in [7, 11) is 0. The number of esters is 1. The molecule has 1 atom stereocenters. The maximum absolute atomic E-state index is 11.8. The van der Waals surface area contributed by atoms with E-state index in [9.17, 15) is 9.59 Å². The summed E-state index contributed by atoms with van der Waals surface area (Å²) in [6.07, 6.45) is 7.77. The Morgan fingerprint density at radius 1 is 1.24 bits per heavy atom. The molecule has 1 aliphatic rings. The number of amides is 1. The number of hydrogen-bond donors (Lipinski definition) is 1. The van der Waals surface area contributed by atoms with Gasteiger partial charge >= 0.3 is 5.97 Å². The van der Waals surface area contributed by atoms with Gasteiger partial charge in [-0.15, -0.1) is 0 Å². The largest absolute Gasteiger partial charge is 0.465 e. The van der Waals surface area contributed by atoms with E-state index in [0.29, 0.717) is 12.5 Å². The van der Waals surface area contributed by atoms with Crippen LogP contribution < -0.4 is 5.32 Å². The number of allylic oxidation sites excluding steroid dienone is 2. The van der Waals surface area contributed by atoms with Crippen LogP contribution in [-0.2, 0) is 20.7 Å². The smallest absolute Gasteiger partial charge is 0.310 e. The average Bonchev–Trinajstić information content (AvgIpc) is 2.48. The second-order valence-corrected chi connectivity index (χ2v) is 5.39. The van der Waals surface area contributed by atoms with Gasteiger partial charge in [-0.05, 0) is 42.9 Å². The lowest BCUT2D eigenvalue weighted by molar-refractivity contribution is -0.144. The van der Waals surface area contributed by atoms with Crippen molar-refractivity contribution in [1.29, 1.82) is 0 Å². The number of rotatable bonds is 5. The first-order chi connectivity index (χ1) is 10.1. The van der Waals surface area contributed by atoms with E-state index in [0.717, 1.165) is 30.5 Å². The minimum atomic E-state index is -0.197. The Bertz CT molecular complexity index is 519. The monoisotopic (exact) mass is 287 g/mol. The van der Waals surface area contributed by atoms with E-state index < -0.39 is 0 Å². The van der Waals surface area contributed by atoms with Crippen molar-refractivity contribution in [2.24, 2.45) is 5.92 Å². The van der Waals surface area contributed by atoms with Gasteiger partial charge in [0.05, 0.1) is 13.0 Å². The van der Waals surface area contributed by atoms with Crippen molar-refractivity contribution in [2.45, 2.75) is 32.6 Å².